The van der Waals surface area contributed by atoms with E-state index in [-0.39, 0.29) is 35.9 Å². The van der Waals surface area contributed by atoms with Crippen molar-refractivity contribution in [1.82, 2.24) is 10.6 Å². The van der Waals surface area contributed by atoms with Gasteiger partial charge >= 0.3 is 0 Å². The maximum atomic E-state index is 12.9. The SMILES string of the molecule is CO[C@H]1[C@H](NC(=O)Cc2ccccc2C)c2ccccc2C12CCNCC2.Cl. The van der Waals surface area contributed by atoms with Crippen LogP contribution in [0.3, 0.4) is 0 Å². The molecule has 0 saturated carbocycles. The van der Waals surface area contributed by atoms with E-state index in [0.29, 0.717) is 6.42 Å². The number of piperidine rings is 1. The van der Waals surface area contributed by atoms with Gasteiger partial charge in [-0.1, -0.05) is 48.5 Å². The van der Waals surface area contributed by atoms with Gasteiger partial charge in [0.15, 0.2) is 0 Å². The molecule has 1 amide bonds. The Labute approximate surface area is 173 Å². The van der Waals surface area contributed by atoms with Crippen molar-refractivity contribution in [2.75, 3.05) is 20.2 Å². The molecule has 0 aromatic heterocycles. The molecule has 2 aromatic rings. The summed E-state index contributed by atoms with van der Waals surface area (Å²) in [5, 5.41) is 6.76. The number of hydrogen-bond donors (Lipinski definition) is 2. The largest absolute Gasteiger partial charge is 0.378 e. The number of nitrogens with one attached hydrogen (secondary N) is 2. The number of benzene rings is 2. The van der Waals surface area contributed by atoms with E-state index in [2.05, 4.69) is 47.9 Å². The third kappa shape index (κ3) is 3.57. The Morgan fingerprint density at radius 3 is 2.54 bits per heavy atom. The lowest BCUT2D eigenvalue weighted by Gasteiger charge is -2.40. The van der Waals surface area contributed by atoms with Crippen molar-refractivity contribution in [3.8, 4) is 0 Å². The van der Waals surface area contributed by atoms with E-state index < -0.39 is 0 Å². The van der Waals surface area contributed by atoms with Gasteiger partial charge in [0.2, 0.25) is 5.91 Å². The van der Waals surface area contributed by atoms with Gasteiger partial charge in [-0.3, -0.25) is 4.79 Å². The molecule has 2 aliphatic rings. The topological polar surface area (TPSA) is 50.4 Å². The number of fused-ring (bicyclic) bond motifs is 2. The Bertz CT molecular complexity index is 833. The van der Waals surface area contributed by atoms with Crippen molar-refractivity contribution in [2.24, 2.45) is 0 Å². The quantitative estimate of drug-likeness (QED) is 0.826. The Morgan fingerprint density at radius 2 is 1.82 bits per heavy atom. The average Bonchev–Trinajstić information content (AvgIpc) is 2.93. The highest BCUT2D eigenvalue weighted by atomic mass is 35.5. The molecular weight excluding hydrogens is 372 g/mol. The number of carbonyl (C=O) groups is 1. The standard InChI is InChI=1S/C23H28N2O2.ClH/c1-16-7-3-4-8-17(16)15-20(26)25-21-18-9-5-6-10-19(18)23(22(21)27-2)11-13-24-14-12-23;/h3-10,21-22,24H,11-15H2,1-2H3,(H,25,26);1H/t21-,22+;/m1./s1. The van der Waals surface area contributed by atoms with Crippen molar-refractivity contribution in [3.05, 3.63) is 70.8 Å². The summed E-state index contributed by atoms with van der Waals surface area (Å²) >= 11 is 0. The van der Waals surface area contributed by atoms with E-state index in [1.54, 1.807) is 7.11 Å². The molecule has 2 atom stereocenters. The van der Waals surface area contributed by atoms with E-state index in [9.17, 15) is 4.79 Å². The molecule has 1 fully saturated rings. The fraction of sp³-hybridized carbons (Fsp3) is 0.435. The van der Waals surface area contributed by atoms with Crippen LogP contribution in [0.5, 0.6) is 0 Å². The molecule has 1 aliphatic heterocycles. The fourth-order valence-electron chi connectivity index (χ4n) is 5.00. The predicted octanol–water partition coefficient (Wildman–Crippen LogP) is 3.47. The molecule has 150 valence electrons. The van der Waals surface area contributed by atoms with Crippen molar-refractivity contribution in [1.29, 1.82) is 0 Å². The van der Waals surface area contributed by atoms with Crippen molar-refractivity contribution in [3.63, 3.8) is 0 Å². The molecule has 2 N–H and O–H groups in total. The first-order valence-corrected chi connectivity index (χ1v) is 9.82. The lowest BCUT2D eigenvalue weighted by Crippen LogP contribution is -2.49. The van der Waals surface area contributed by atoms with Gasteiger partial charge < -0.3 is 15.4 Å². The number of carbonyl (C=O) groups excluding carboxylic acids is 1. The molecular formula is C23H29ClN2O2. The van der Waals surface area contributed by atoms with Crippen molar-refractivity contribution < 1.29 is 9.53 Å². The van der Waals surface area contributed by atoms with Crippen LogP contribution in [-0.4, -0.2) is 32.2 Å². The predicted molar refractivity (Wildman–Crippen MR) is 114 cm³/mol. The molecule has 0 unspecified atom stereocenters. The summed E-state index contributed by atoms with van der Waals surface area (Å²) in [6, 6.07) is 16.5. The summed E-state index contributed by atoms with van der Waals surface area (Å²) in [6.45, 7) is 4.02. The van der Waals surface area contributed by atoms with E-state index in [1.165, 1.54) is 11.1 Å². The lowest BCUT2D eigenvalue weighted by molar-refractivity contribution is -0.122. The summed E-state index contributed by atoms with van der Waals surface area (Å²) in [7, 11) is 1.78. The third-order valence-corrected chi connectivity index (χ3v) is 6.36. The van der Waals surface area contributed by atoms with Crippen molar-refractivity contribution >= 4 is 18.3 Å². The zero-order chi connectivity index (χ0) is 18.9. The van der Waals surface area contributed by atoms with Gasteiger partial charge in [0.25, 0.3) is 0 Å². The molecule has 1 heterocycles. The number of aryl methyl sites for hydroxylation is 1. The van der Waals surface area contributed by atoms with Gasteiger partial charge in [0, 0.05) is 12.5 Å². The van der Waals surface area contributed by atoms with E-state index >= 15 is 0 Å². The summed E-state index contributed by atoms with van der Waals surface area (Å²) < 4.78 is 6.03. The first-order valence-electron chi connectivity index (χ1n) is 9.82. The summed E-state index contributed by atoms with van der Waals surface area (Å²) in [5.41, 5.74) is 4.77. The van der Waals surface area contributed by atoms with Gasteiger partial charge in [-0.05, 0) is 55.1 Å². The second-order valence-corrected chi connectivity index (χ2v) is 7.80. The molecule has 28 heavy (non-hydrogen) atoms. The number of amides is 1. The maximum Gasteiger partial charge on any atom is 0.225 e. The molecule has 5 heteroatoms. The molecule has 1 saturated heterocycles. The minimum atomic E-state index is -0.0965. The molecule has 0 bridgehead atoms. The number of methoxy groups -OCH3 is 1. The molecule has 2 aromatic carbocycles. The average molecular weight is 401 g/mol. The monoisotopic (exact) mass is 400 g/mol. The van der Waals surface area contributed by atoms with Gasteiger partial charge in [0.1, 0.15) is 0 Å². The zero-order valence-electron chi connectivity index (χ0n) is 16.5. The Kier molecular flexibility index (Phi) is 6.43. The van der Waals surface area contributed by atoms with Crippen LogP contribution in [-0.2, 0) is 21.4 Å². The summed E-state index contributed by atoms with van der Waals surface area (Å²) in [5.74, 6) is 0.0529. The highest BCUT2D eigenvalue weighted by Crippen LogP contribution is 2.51. The second-order valence-electron chi connectivity index (χ2n) is 7.80. The van der Waals surface area contributed by atoms with Crippen LogP contribution in [0.1, 0.15) is 41.1 Å². The first-order chi connectivity index (χ1) is 13.2. The van der Waals surface area contributed by atoms with Gasteiger partial charge in [0.05, 0.1) is 18.6 Å². The Morgan fingerprint density at radius 1 is 1.14 bits per heavy atom. The lowest BCUT2D eigenvalue weighted by atomic mass is 9.72. The molecule has 1 aliphatic carbocycles. The Balaban J connectivity index is 0.00000225. The minimum Gasteiger partial charge on any atom is -0.378 e. The number of ether oxygens (including phenoxy) is 1. The number of halogens is 1. The van der Waals surface area contributed by atoms with E-state index in [0.717, 1.165) is 37.1 Å². The van der Waals surface area contributed by atoms with E-state index in [4.69, 9.17) is 4.74 Å². The van der Waals surface area contributed by atoms with Crippen LogP contribution in [0.4, 0.5) is 0 Å². The molecule has 4 rings (SSSR count). The fourth-order valence-corrected chi connectivity index (χ4v) is 5.00. The van der Waals surface area contributed by atoms with Crippen LogP contribution in [0.15, 0.2) is 48.5 Å². The van der Waals surface area contributed by atoms with Gasteiger partial charge in [-0.15, -0.1) is 12.4 Å². The maximum absolute atomic E-state index is 12.9. The van der Waals surface area contributed by atoms with Gasteiger partial charge in [-0.25, -0.2) is 0 Å². The molecule has 4 nitrogen and oxygen atoms in total. The van der Waals surface area contributed by atoms with Crippen molar-refractivity contribution in [2.45, 2.75) is 43.7 Å². The third-order valence-electron chi connectivity index (χ3n) is 6.36. The second kappa shape index (κ2) is 8.64. The first kappa shape index (κ1) is 20.8. The smallest absolute Gasteiger partial charge is 0.225 e. The van der Waals surface area contributed by atoms with Crippen LogP contribution in [0.2, 0.25) is 0 Å². The zero-order valence-corrected chi connectivity index (χ0v) is 17.4. The summed E-state index contributed by atoms with van der Waals surface area (Å²) in [4.78, 5) is 12.9. The van der Waals surface area contributed by atoms with Gasteiger partial charge in [-0.2, -0.15) is 0 Å². The normalized spacial score (nSPS) is 22.4. The van der Waals surface area contributed by atoms with Crippen LogP contribution in [0, 0.1) is 6.92 Å². The highest BCUT2D eigenvalue weighted by Gasteiger charge is 2.53. The highest BCUT2D eigenvalue weighted by molar-refractivity contribution is 5.85. The molecule has 0 radical (unpaired) electrons. The summed E-state index contributed by atoms with van der Waals surface area (Å²) in [6.07, 6.45) is 2.44. The van der Waals surface area contributed by atoms with Crippen LogP contribution >= 0.6 is 12.4 Å². The van der Waals surface area contributed by atoms with Crippen LogP contribution in [0.25, 0.3) is 0 Å². The number of hydrogen-bond acceptors (Lipinski definition) is 3. The number of rotatable bonds is 4. The van der Waals surface area contributed by atoms with E-state index in [1.807, 2.05) is 18.2 Å². The van der Waals surface area contributed by atoms with Crippen LogP contribution < -0.4 is 10.6 Å². The minimum absolute atomic E-state index is 0. The molecule has 1 spiro atoms. The Hall–Kier alpha value is -1.88.